The number of carbonyl (C=O) groups is 1. The largest absolute Gasteiger partial charge is 0.479 e. The van der Waals surface area contributed by atoms with Crippen LogP contribution in [0.4, 0.5) is 13.2 Å². The van der Waals surface area contributed by atoms with Crippen LogP contribution in [0, 0.1) is 12.3 Å². The summed E-state index contributed by atoms with van der Waals surface area (Å²) in [5, 5.41) is -1.26. The zero-order chi connectivity index (χ0) is 12.3. The topological polar surface area (TPSA) is 26.3 Å². The van der Waals surface area contributed by atoms with Gasteiger partial charge >= 0.3 is 5.92 Å². The van der Waals surface area contributed by atoms with E-state index in [4.69, 9.17) is 18.0 Å². The van der Waals surface area contributed by atoms with Crippen molar-refractivity contribution in [3.8, 4) is 12.3 Å². The van der Waals surface area contributed by atoms with Crippen LogP contribution in [0.5, 0.6) is 0 Å². The molecule has 1 aliphatic carbocycles. The summed E-state index contributed by atoms with van der Waals surface area (Å²) in [6, 6.07) is 0. The molecule has 0 saturated carbocycles. The van der Waals surface area contributed by atoms with Crippen LogP contribution in [0.3, 0.4) is 0 Å². The molecule has 6 heteroatoms. The highest BCUT2D eigenvalue weighted by Gasteiger charge is 2.50. The van der Waals surface area contributed by atoms with Crippen molar-refractivity contribution in [2.24, 2.45) is 0 Å². The molecule has 1 rings (SSSR count). The Morgan fingerprint density at radius 2 is 2.25 bits per heavy atom. The Balaban J connectivity index is 3.03. The maximum Gasteiger partial charge on any atom is 0.338 e. The lowest BCUT2D eigenvalue weighted by Gasteiger charge is -2.26. The molecule has 0 aromatic rings. The van der Waals surface area contributed by atoms with E-state index in [1.54, 1.807) is 0 Å². The summed E-state index contributed by atoms with van der Waals surface area (Å²) in [6.07, 6.45) is 3.62. The van der Waals surface area contributed by atoms with Gasteiger partial charge in [0.2, 0.25) is 6.17 Å². The van der Waals surface area contributed by atoms with Crippen LogP contribution in [-0.2, 0) is 9.53 Å². The summed E-state index contributed by atoms with van der Waals surface area (Å²) >= 11 is 4.95. The third-order valence-electron chi connectivity index (χ3n) is 1.87. The second-order valence-electron chi connectivity index (χ2n) is 2.90. The van der Waals surface area contributed by atoms with Crippen LogP contribution in [0.2, 0.25) is 0 Å². The number of hydrogen-bond acceptors (Lipinski definition) is 2. The molecule has 0 radical (unpaired) electrons. The Morgan fingerprint density at radius 3 is 2.75 bits per heavy atom. The van der Waals surface area contributed by atoms with Crippen LogP contribution in [0.1, 0.15) is 0 Å². The van der Waals surface area contributed by atoms with Gasteiger partial charge in [-0.2, -0.15) is 8.78 Å². The summed E-state index contributed by atoms with van der Waals surface area (Å²) in [4.78, 5) is 10.6. The summed E-state index contributed by atoms with van der Waals surface area (Å²) < 4.78 is 44.4. The van der Waals surface area contributed by atoms with Gasteiger partial charge in [0, 0.05) is 0 Å². The molecule has 0 bridgehead atoms. The highest BCUT2D eigenvalue weighted by molar-refractivity contribution is 6.67. The Kier molecular flexibility index (Phi) is 3.66. The fourth-order valence-corrected chi connectivity index (χ4v) is 1.27. The summed E-state index contributed by atoms with van der Waals surface area (Å²) in [7, 11) is 0. The highest BCUT2D eigenvalue weighted by Crippen LogP contribution is 2.38. The number of hydrogen-bond donors (Lipinski definition) is 0. The van der Waals surface area contributed by atoms with E-state index in [-0.39, 0.29) is 0 Å². The Labute approximate surface area is 94.7 Å². The van der Waals surface area contributed by atoms with Gasteiger partial charge in [-0.15, -0.1) is 6.42 Å². The fourth-order valence-electron chi connectivity index (χ4n) is 1.11. The Hall–Kier alpha value is -1.41. The van der Waals surface area contributed by atoms with Gasteiger partial charge in [0.25, 0.3) is 5.24 Å². The molecule has 1 aliphatic rings. The van der Waals surface area contributed by atoms with Gasteiger partial charge in [0.05, 0.1) is 5.57 Å². The Bertz CT molecular complexity index is 407. The van der Waals surface area contributed by atoms with Gasteiger partial charge in [0.1, 0.15) is 6.61 Å². The lowest BCUT2D eigenvalue weighted by Crippen LogP contribution is -2.38. The molecule has 0 aromatic heterocycles. The zero-order valence-electron chi connectivity index (χ0n) is 7.84. The van der Waals surface area contributed by atoms with Crippen molar-refractivity contribution in [3.05, 3.63) is 23.5 Å². The van der Waals surface area contributed by atoms with E-state index in [0.29, 0.717) is 0 Å². The van der Waals surface area contributed by atoms with Crippen molar-refractivity contribution in [2.45, 2.75) is 12.1 Å². The van der Waals surface area contributed by atoms with E-state index in [2.05, 4.69) is 4.74 Å². The number of allylic oxidation sites excluding steroid dienone is 4. The molecule has 16 heavy (non-hydrogen) atoms. The molecule has 2 nitrogen and oxygen atoms in total. The van der Waals surface area contributed by atoms with Crippen LogP contribution < -0.4 is 0 Å². The minimum absolute atomic E-state index is 0.411. The van der Waals surface area contributed by atoms with Crippen LogP contribution >= 0.6 is 11.6 Å². The van der Waals surface area contributed by atoms with Crippen molar-refractivity contribution in [3.63, 3.8) is 0 Å². The van der Waals surface area contributed by atoms with Gasteiger partial charge in [-0.3, -0.25) is 4.79 Å². The van der Waals surface area contributed by atoms with Gasteiger partial charge in [-0.05, 0) is 23.8 Å². The van der Waals surface area contributed by atoms with Gasteiger partial charge in [-0.25, -0.2) is 4.39 Å². The molecule has 0 N–H and O–H groups in total. The van der Waals surface area contributed by atoms with E-state index in [1.165, 1.54) is 0 Å². The monoisotopic (exact) mass is 250 g/mol. The Morgan fingerprint density at radius 1 is 1.62 bits per heavy atom. The third kappa shape index (κ3) is 2.22. The van der Waals surface area contributed by atoms with E-state index in [9.17, 15) is 18.0 Å². The normalized spacial score (nSPS) is 22.8. The summed E-state index contributed by atoms with van der Waals surface area (Å²) in [5.74, 6) is -2.89. The van der Waals surface area contributed by atoms with Crippen molar-refractivity contribution < 1.29 is 22.7 Å². The summed E-state index contributed by atoms with van der Waals surface area (Å²) in [6.45, 7) is -0.411. The van der Waals surface area contributed by atoms with E-state index >= 15 is 0 Å². The third-order valence-corrected chi connectivity index (χ3v) is 2.09. The standard InChI is InChI=1S/C10H6ClF3O2/c1-2-5-16-7-4-3-6(9(11)15)8(12)10(7,13)14/h1,3-4,8H,5H2. The first-order chi connectivity index (χ1) is 7.41. The van der Waals surface area contributed by atoms with Crippen LogP contribution in [-0.4, -0.2) is 23.9 Å². The molecule has 0 spiro atoms. The number of halogens is 4. The van der Waals surface area contributed by atoms with Crippen LogP contribution in [0.15, 0.2) is 23.5 Å². The summed E-state index contributed by atoms with van der Waals surface area (Å²) in [5.41, 5.74) is -0.806. The molecule has 86 valence electrons. The molecule has 0 heterocycles. The quantitative estimate of drug-likeness (QED) is 0.567. The SMILES string of the molecule is C#CCOC1=CC=C(C(=O)Cl)C(F)C1(F)F. The van der Waals surface area contributed by atoms with Gasteiger partial charge in [-0.1, -0.05) is 5.92 Å². The number of alkyl halides is 3. The second kappa shape index (κ2) is 4.62. The predicted molar refractivity (Wildman–Crippen MR) is 51.7 cm³/mol. The first-order valence-corrected chi connectivity index (χ1v) is 4.49. The molecular weight excluding hydrogens is 245 g/mol. The lowest BCUT2D eigenvalue weighted by atomic mass is 9.99. The maximum absolute atomic E-state index is 13.3. The number of carbonyl (C=O) groups excluding carboxylic acids is 1. The predicted octanol–water partition coefficient (Wildman–Crippen LogP) is 2.20. The minimum Gasteiger partial charge on any atom is -0.479 e. The smallest absolute Gasteiger partial charge is 0.338 e. The maximum atomic E-state index is 13.3. The number of terminal acetylenes is 1. The number of ether oxygens (including phenoxy) is 1. The van der Waals surface area contributed by atoms with E-state index < -0.39 is 35.3 Å². The van der Waals surface area contributed by atoms with Crippen molar-refractivity contribution in [1.29, 1.82) is 0 Å². The average molecular weight is 251 g/mol. The van der Waals surface area contributed by atoms with Crippen molar-refractivity contribution in [2.75, 3.05) is 6.61 Å². The van der Waals surface area contributed by atoms with E-state index in [0.717, 1.165) is 12.2 Å². The van der Waals surface area contributed by atoms with Crippen molar-refractivity contribution >= 4 is 16.8 Å². The van der Waals surface area contributed by atoms with Crippen LogP contribution in [0.25, 0.3) is 0 Å². The number of rotatable bonds is 3. The molecule has 1 unspecified atom stereocenters. The molecular formula is C10H6ClF3O2. The fraction of sp³-hybridized carbons (Fsp3) is 0.300. The molecule has 0 aliphatic heterocycles. The second-order valence-corrected chi connectivity index (χ2v) is 3.25. The van der Waals surface area contributed by atoms with E-state index in [1.807, 2.05) is 5.92 Å². The molecule has 0 fully saturated rings. The first-order valence-electron chi connectivity index (χ1n) is 4.11. The average Bonchev–Trinajstić information content (AvgIpc) is 2.20. The molecule has 0 amide bonds. The van der Waals surface area contributed by atoms with Gasteiger partial charge in [0.15, 0.2) is 5.76 Å². The highest BCUT2D eigenvalue weighted by atomic mass is 35.5. The first kappa shape index (κ1) is 12.7. The molecule has 0 aromatic carbocycles. The van der Waals surface area contributed by atoms with Crippen molar-refractivity contribution in [1.82, 2.24) is 0 Å². The zero-order valence-corrected chi connectivity index (χ0v) is 8.60. The minimum atomic E-state index is -3.94. The molecule has 0 saturated heterocycles. The lowest BCUT2D eigenvalue weighted by molar-refractivity contribution is -0.112. The van der Waals surface area contributed by atoms with Gasteiger partial charge < -0.3 is 4.74 Å². The molecule has 1 atom stereocenters.